The molecule has 0 bridgehead atoms. The highest BCUT2D eigenvalue weighted by atomic mass is 32.2. The summed E-state index contributed by atoms with van der Waals surface area (Å²) in [5.74, 6) is -0.905. The van der Waals surface area contributed by atoms with E-state index in [1.807, 2.05) is 6.07 Å². The first kappa shape index (κ1) is 30.5. The van der Waals surface area contributed by atoms with Crippen molar-refractivity contribution in [3.63, 3.8) is 0 Å². The maximum absolute atomic E-state index is 13.3. The van der Waals surface area contributed by atoms with E-state index in [0.29, 0.717) is 11.1 Å². The van der Waals surface area contributed by atoms with E-state index in [9.17, 15) is 18.3 Å². The van der Waals surface area contributed by atoms with E-state index in [1.54, 1.807) is 36.4 Å². The van der Waals surface area contributed by atoms with Gasteiger partial charge in [-0.3, -0.25) is 4.79 Å². The number of β-amino-alcohol motifs (C(OH)–C–C–N with tert-alkyl or cyclic N) is 1. The van der Waals surface area contributed by atoms with Crippen molar-refractivity contribution in [3.8, 4) is 11.1 Å². The molecule has 7 nitrogen and oxygen atoms in total. The molecule has 210 valence electrons. The zero-order valence-electron chi connectivity index (χ0n) is 23.2. The van der Waals surface area contributed by atoms with Crippen LogP contribution in [0.5, 0.6) is 0 Å². The summed E-state index contributed by atoms with van der Waals surface area (Å²) in [7, 11) is -2.35. The van der Waals surface area contributed by atoms with Crippen molar-refractivity contribution >= 4 is 16.0 Å². The van der Waals surface area contributed by atoms with Crippen LogP contribution >= 0.6 is 0 Å². The smallest absolute Gasteiger partial charge is 0.307 e. The molecular weight excluding hydrogens is 512 g/mol. The van der Waals surface area contributed by atoms with E-state index < -0.39 is 22.1 Å². The number of benzene rings is 3. The van der Waals surface area contributed by atoms with E-state index in [-0.39, 0.29) is 29.9 Å². The van der Waals surface area contributed by atoms with Crippen LogP contribution in [0.2, 0.25) is 0 Å². The fourth-order valence-electron chi connectivity index (χ4n) is 4.44. The fraction of sp³-hybridized carbons (Fsp3) is 0.387. The first-order valence-electron chi connectivity index (χ1n) is 13.2. The van der Waals surface area contributed by atoms with Crippen LogP contribution in [0, 0.1) is 6.92 Å². The Balaban J connectivity index is 1.54. The third-order valence-corrected chi connectivity index (χ3v) is 8.68. The molecule has 0 aliphatic carbocycles. The minimum Gasteiger partial charge on any atom is -0.481 e. The van der Waals surface area contributed by atoms with Crippen molar-refractivity contribution in [2.45, 2.75) is 63.0 Å². The van der Waals surface area contributed by atoms with Gasteiger partial charge in [-0.2, -0.15) is 4.31 Å². The van der Waals surface area contributed by atoms with E-state index in [4.69, 9.17) is 5.11 Å². The molecule has 0 amide bonds. The summed E-state index contributed by atoms with van der Waals surface area (Å²) in [6, 6.07) is 22.2. The van der Waals surface area contributed by atoms with Gasteiger partial charge in [0, 0.05) is 25.7 Å². The first-order valence-corrected chi connectivity index (χ1v) is 14.7. The van der Waals surface area contributed by atoms with Gasteiger partial charge in [0.25, 0.3) is 0 Å². The second-order valence-corrected chi connectivity index (χ2v) is 12.9. The third kappa shape index (κ3) is 9.28. The Hall–Kier alpha value is -3.04. The van der Waals surface area contributed by atoms with Crippen LogP contribution in [-0.2, 0) is 27.7 Å². The summed E-state index contributed by atoms with van der Waals surface area (Å²) in [4.78, 5) is 11.0. The van der Waals surface area contributed by atoms with Crippen LogP contribution < -0.4 is 5.32 Å². The number of hydrogen-bond acceptors (Lipinski definition) is 5. The summed E-state index contributed by atoms with van der Waals surface area (Å²) in [5, 5.41) is 23.0. The highest BCUT2D eigenvalue weighted by Gasteiger charge is 2.25. The minimum absolute atomic E-state index is 0.0388. The highest BCUT2D eigenvalue weighted by Crippen LogP contribution is 2.25. The Morgan fingerprint density at radius 3 is 2.26 bits per heavy atom. The molecule has 0 spiro atoms. The predicted octanol–water partition coefficient (Wildman–Crippen LogP) is 4.66. The Kier molecular flexibility index (Phi) is 10.4. The molecule has 0 radical (unpaired) electrons. The van der Waals surface area contributed by atoms with Crippen molar-refractivity contribution in [2.75, 3.05) is 20.1 Å². The lowest BCUT2D eigenvalue weighted by atomic mass is 9.95. The third-order valence-electron chi connectivity index (χ3n) is 6.86. The van der Waals surface area contributed by atoms with Crippen molar-refractivity contribution in [3.05, 3.63) is 89.5 Å². The van der Waals surface area contributed by atoms with Gasteiger partial charge in [-0.15, -0.1) is 0 Å². The molecular formula is C31H40N2O5S. The van der Waals surface area contributed by atoms with Crippen molar-refractivity contribution in [1.82, 2.24) is 9.62 Å². The molecule has 0 saturated heterocycles. The second kappa shape index (κ2) is 13.3. The number of carboxylic acids is 1. The van der Waals surface area contributed by atoms with Gasteiger partial charge in [-0.25, -0.2) is 8.42 Å². The molecule has 8 heteroatoms. The van der Waals surface area contributed by atoms with Crippen molar-refractivity contribution < 1.29 is 23.4 Å². The van der Waals surface area contributed by atoms with Gasteiger partial charge in [0.05, 0.1) is 17.4 Å². The number of carboxylic acid groups (broad SMARTS) is 1. The number of nitrogens with one attached hydrogen (secondary N) is 1. The summed E-state index contributed by atoms with van der Waals surface area (Å²) in [5.41, 5.74) is 4.53. The first-order chi connectivity index (χ1) is 18.4. The van der Waals surface area contributed by atoms with Gasteiger partial charge < -0.3 is 15.5 Å². The molecule has 3 aromatic rings. The van der Waals surface area contributed by atoms with Crippen LogP contribution in [0.4, 0.5) is 0 Å². The number of sulfonamides is 1. The number of aryl methyl sites for hydroxylation is 2. The number of carbonyl (C=O) groups is 1. The molecule has 0 saturated carbocycles. The highest BCUT2D eigenvalue weighted by molar-refractivity contribution is 7.89. The predicted molar refractivity (Wildman–Crippen MR) is 155 cm³/mol. The van der Waals surface area contributed by atoms with Gasteiger partial charge in [0.15, 0.2) is 0 Å². The monoisotopic (exact) mass is 552 g/mol. The van der Waals surface area contributed by atoms with Gasteiger partial charge in [-0.05, 0) is 74.4 Å². The van der Waals surface area contributed by atoms with Crippen molar-refractivity contribution in [1.29, 1.82) is 0 Å². The number of hydrogen-bond donors (Lipinski definition) is 3. The molecule has 1 unspecified atom stereocenters. The molecule has 3 aromatic carbocycles. The van der Waals surface area contributed by atoms with E-state index in [2.05, 4.69) is 50.4 Å². The number of nitrogens with zero attached hydrogens (tertiary/aromatic N) is 1. The SMILES string of the molecule is Cc1ccc(CCCC(C)(C)NCC(O)CN(C)S(=O)(=O)c2cccc(-c3ccc(CC(=O)O)cc3)c2)cc1. The normalized spacial score (nSPS) is 13.0. The second-order valence-electron chi connectivity index (χ2n) is 10.8. The van der Waals surface area contributed by atoms with Crippen LogP contribution in [0.15, 0.2) is 77.7 Å². The van der Waals surface area contributed by atoms with E-state index in [1.165, 1.54) is 28.5 Å². The van der Waals surface area contributed by atoms with Gasteiger partial charge in [0.2, 0.25) is 10.0 Å². The Morgan fingerprint density at radius 1 is 0.974 bits per heavy atom. The molecule has 0 aliphatic rings. The molecule has 0 fully saturated rings. The number of aliphatic hydroxyl groups excluding tert-OH is 1. The molecule has 3 rings (SSSR count). The molecule has 0 aliphatic heterocycles. The number of rotatable bonds is 14. The lowest BCUT2D eigenvalue weighted by molar-refractivity contribution is -0.136. The summed E-state index contributed by atoms with van der Waals surface area (Å²) in [6.07, 6.45) is 1.98. The average Bonchev–Trinajstić information content (AvgIpc) is 2.89. The van der Waals surface area contributed by atoms with Crippen LogP contribution in [0.25, 0.3) is 11.1 Å². The zero-order valence-corrected chi connectivity index (χ0v) is 24.0. The van der Waals surface area contributed by atoms with Crippen LogP contribution in [0.1, 0.15) is 43.4 Å². The maximum Gasteiger partial charge on any atom is 0.307 e. The van der Waals surface area contributed by atoms with E-state index >= 15 is 0 Å². The van der Waals surface area contributed by atoms with Gasteiger partial charge in [0.1, 0.15) is 0 Å². The number of likely N-dealkylation sites (N-methyl/N-ethyl adjacent to an activating group) is 1. The minimum atomic E-state index is -3.82. The summed E-state index contributed by atoms with van der Waals surface area (Å²) < 4.78 is 27.7. The van der Waals surface area contributed by atoms with Crippen molar-refractivity contribution in [2.24, 2.45) is 0 Å². The molecule has 3 N–H and O–H groups in total. The maximum atomic E-state index is 13.3. The number of aliphatic carboxylic acids is 1. The largest absolute Gasteiger partial charge is 0.481 e. The molecule has 0 heterocycles. The van der Waals surface area contributed by atoms with Crippen LogP contribution in [0.3, 0.4) is 0 Å². The Morgan fingerprint density at radius 2 is 1.62 bits per heavy atom. The Labute approximate surface area is 232 Å². The quantitative estimate of drug-likeness (QED) is 0.269. The fourth-order valence-corrected chi connectivity index (χ4v) is 5.69. The summed E-state index contributed by atoms with van der Waals surface area (Å²) >= 11 is 0. The molecule has 1 atom stereocenters. The summed E-state index contributed by atoms with van der Waals surface area (Å²) in [6.45, 7) is 6.50. The van der Waals surface area contributed by atoms with Gasteiger partial charge >= 0.3 is 5.97 Å². The molecule has 39 heavy (non-hydrogen) atoms. The van der Waals surface area contributed by atoms with Crippen LogP contribution in [-0.4, -0.2) is 60.7 Å². The zero-order chi connectivity index (χ0) is 28.6. The number of aliphatic hydroxyl groups is 1. The Bertz CT molecular complexity index is 1340. The topological polar surface area (TPSA) is 107 Å². The van der Waals surface area contributed by atoms with Gasteiger partial charge in [-0.1, -0.05) is 66.2 Å². The van der Waals surface area contributed by atoms with E-state index in [0.717, 1.165) is 24.8 Å². The standard InChI is InChI=1S/C31H40N2O5S/c1-23-10-12-24(13-11-23)7-6-18-31(2,3)32-21-28(34)22-33(4)39(37,38)29-9-5-8-27(20-29)26-16-14-25(15-17-26)19-30(35)36/h5,8-17,20,28,32,34H,6-7,18-19,21-22H2,1-4H3,(H,35,36). The molecule has 0 aromatic heterocycles. The lowest BCUT2D eigenvalue weighted by Gasteiger charge is -2.29. The average molecular weight is 553 g/mol. The lowest BCUT2D eigenvalue weighted by Crippen LogP contribution is -2.46.